The standard InChI is InChI=1S/C40H39Cl2N5O8S4/c1-22(44-39(52)55-40(2,3)4)56-19-31(49)46-38-43-18-29(58-38)26-21-59(53)36-32(45-30(48)20-57-25-15-16-27(41)28(42)17-25)35(50)47(36)33(26)37(51)54-34(23-11-7-5-8-12-23)24-13-9-6-10-14-24/h5-18,22,32,34,36H,19-21H2,1-4H3,(H,44,52)(H,45,48)(H,43,46,49). The van der Waals surface area contributed by atoms with Crippen molar-refractivity contribution in [1.29, 1.82) is 0 Å². The number of ether oxygens (including phenoxy) is 2. The summed E-state index contributed by atoms with van der Waals surface area (Å²) in [5.74, 6) is -2.66. The number of alkyl carbamates (subject to hydrolysis) is 1. The molecule has 59 heavy (non-hydrogen) atoms. The van der Waals surface area contributed by atoms with Crippen molar-refractivity contribution < 1.29 is 37.7 Å². The minimum absolute atomic E-state index is 0.0282. The molecule has 2 aliphatic rings. The van der Waals surface area contributed by atoms with Gasteiger partial charge in [-0.15, -0.1) is 23.5 Å². The molecule has 310 valence electrons. The molecule has 1 saturated heterocycles. The number of anilines is 1. The summed E-state index contributed by atoms with van der Waals surface area (Å²) in [7, 11) is -1.79. The van der Waals surface area contributed by atoms with E-state index in [1.54, 1.807) is 45.9 Å². The molecule has 13 nitrogen and oxygen atoms in total. The average Bonchev–Trinajstić information content (AvgIpc) is 3.66. The fraction of sp³-hybridized carbons (Fsp3) is 0.300. The molecule has 19 heteroatoms. The first-order chi connectivity index (χ1) is 28.1. The highest BCUT2D eigenvalue weighted by Crippen LogP contribution is 2.42. The Morgan fingerprint density at radius 2 is 1.63 bits per heavy atom. The molecule has 6 rings (SSSR count). The number of thioether (sulfide) groups is 2. The number of nitrogens with one attached hydrogen (secondary N) is 3. The number of carbonyl (C=O) groups is 5. The van der Waals surface area contributed by atoms with E-state index in [0.717, 1.165) is 16.2 Å². The minimum atomic E-state index is -1.79. The number of carbonyl (C=O) groups excluding carboxylic acids is 5. The van der Waals surface area contributed by atoms with Crippen molar-refractivity contribution in [3.63, 3.8) is 0 Å². The van der Waals surface area contributed by atoms with Crippen molar-refractivity contribution >= 4 is 109 Å². The van der Waals surface area contributed by atoms with E-state index in [0.29, 0.717) is 30.9 Å². The molecule has 1 fully saturated rings. The SMILES string of the molecule is CC(NC(=O)OC(C)(C)C)SCC(=O)Nc1ncc(C2=C(C(=O)OC(c3ccccc3)c3ccccc3)N3C(=O)C(NC(=O)CSc4ccc(Cl)c(Cl)c4)C3S(=O)C2)s1. The van der Waals surface area contributed by atoms with Gasteiger partial charge in [-0.2, -0.15) is 0 Å². The summed E-state index contributed by atoms with van der Waals surface area (Å²) in [5.41, 5.74) is 0.792. The monoisotopic (exact) mass is 915 g/mol. The summed E-state index contributed by atoms with van der Waals surface area (Å²) in [6.07, 6.45) is -0.0456. The Bertz CT molecular complexity index is 2250. The number of β-lactam (4-membered cyclic amide) rings is 1. The van der Waals surface area contributed by atoms with E-state index >= 15 is 0 Å². The number of rotatable bonds is 14. The first-order valence-electron chi connectivity index (χ1n) is 18.1. The number of benzene rings is 3. The van der Waals surface area contributed by atoms with Gasteiger partial charge in [0.15, 0.2) is 11.2 Å². The molecule has 4 atom stereocenters. The fourth-order valence-electron chi connectivity index (χ4n) is 5.98. The van der Waals surface area contributed by atoms with Gasteiger partial charge in [-0.05, 0) is 57.0 Å². The van der Waals surface area contributed by atoms with Crippen molar-refractivity contribution in [3.8, 4) is 0 Å². The van der Waals surface area contributed by atoms with Crippen molar-refractivity contribution in [2.24, 2.45) is 0 Å². The van der Waals surface area contributed by atoms with E-state index in [1.807, 2.05) is 60.7 Å². The number of fused-ring (bicyclic) bond motifs is 1. The van der Waals surface area contributed by atoms with Crippen molar-refractivity contribution in [2.75, 3.05) is 22.6 Å². The zero-order chi connectivity index (χ0) is 42.4. The predicted octanol–water partition coefficient (Wildman–Crippen LogP) is 7.24. The summed E-state index contributed by atoms with van der Waals surface area (Å²) in [6, 6.07) is 22.0. The summed E-state index contributed by atoms with van der Waals surface area (Å²) >= 11 is 15.5. The molecule has 0 bridgehead atoms. The lowest BCUT2D eigenvalue weighted by atomic mass is 10.0. The Kier molecular flexibility index (Phi) is 14.5. The third-order valence-electron chi connectivity index (χ3n) is 8.56. The predicted molar refractivity (Wildman–Crippen MR) is 233 cm³/mol. The zero-order valence-corrected chi connectivity index (χ0v) is 36.8. The number of amides is 4. The molecule has 3 heterocycles. The second-order valence-corrected chi connectivity index (χ2v) is 19.9. The van der Waals surface area contributed by atoms with Crippen LogP contribution in [0.4, 0.5) is 9.93 Å². The van der Waals surface area contributed by atoms with Gasteiger partial charge in [-0.3, -0.25) is 23.5 Å². The van der Waals surface area contributed by atoms with Crippen LogP contribution in [0.5, 0.6) is 0 Å². The molecular formula is C40H39Cl2N5O8S4. The van der Waals surface area contributed by atoms with E-state index in [4.69, 9.17) is 32.7 Å². The van der Waals surface area contributed by atoms with Crippen LogP contribution in [0.1, 0.15) is 49.8 Å². The Morgan fingerprint density at radius 3 is 2.25 bits per heavy atom. The van der Waals surface area contributed by atoms with Crippen LogP contribution in [0.2, 0.25) is 10.0 Å². The van der Waals surface area contributed by atoms with Crippen LogP contribution in [-0.4, -0.2) is 83.5 Å². The lowest BCUT2D eigenvalue weighted by Crippen LogP contribution is -2.73. The van der Waals surface area contributed by atoms with Gasteiger partial charge in [0.05, 0.1) is 48.4 Å². The van der Waals surface area contributed by atoms with Gasteiger partial charge < -0.3 is 25.4 Å². The number of nitrogens with zero attached hydrogens (tertiary/aromatic N) is 2. The van der Waals surface area contributed by atoms with Gasteiger partial charge in [0, 0.05) is 16.7 Å². The van der Waals surface area contributed by atoms with Gasteiger partial charge in [-0.25, -0.2) is 14.6 Å². The maximum Gasteiger partial charge on any atom is 0.408 e. The third-order valence-corrected chi connectivity index (χ3v) is 13.9. The maximum atomic E-state index is 14.5. The number of esters is 1. The van der Waals surface area contributed by atoms with Crippen molar-refractivity contribution in [2.45, 2.75) is 61.1 Å². The molecule has 0 saturated carbocycles. The molecule has 1 aromatic heterocycles. The molecular weight excluding hydrogens is 878 g/mol. The Hall–Kier alpha value is -4.39. The number of thiazole rings is 1. The van der Waals surface area contributed by atoms with Crippen LogP contribution >= 0.6 is 58.1 Å². The van der Waals surface area contributed by atoms with Gasteiger partial charge in [0.2, 0.25) is 11.8 Å². The second-order valence-electron chi connectivity index (χ2n) is 14.1. The molecule has 3 N–H and O–H groups in total. The van der Waals surface area contributed by atoms with E-state index in [2.05, 4.69) is 20.9 Å². The summed E-state index contributed by atoms with van der Waals surface area (Å²) in [4.78, 5) is 73.1. The second kappa shape index (κ2) is 19.3. The highest BCUT2D eigenvalue weighted by molar-refractivity contribution is 8.00. The van der Waals surface area contributed by atoms with Crippen LogP contribution in [0, 0.1) is 0 Å². The molecule has 0 aliphatic carbocycles. The van der Waals surface area contributed by atoms with Crippen LogP contribution in [0.25, 0.3) is 5.57 Å². The van der Waals surface area contributed by atoms with Crippen LogP contribution in [0.15, 0.2) is 95.7 Å². The highest BCUT2D eigenvalue weighted by atomic mass is 35.5. The smallest absolute Gasteiger partial charge is 0.408 e. The van der Waals surface area contributed by atoms with Crippen LogP contribution in [0.3, 0.4) is 0 Å². The van der Waals surface area contributed by atoms with Crippen LogP contribution < -0.4 is 16.0 Å². The Labute approximate surface area is 365 Å². The molecule has 3 aromatic carbocycles. The maximum absolute atomic E-state index is 14.5. The summed E-state index contributed by atoms with van der Waals surface area (Å²) in [5, 5.41) is 7.49. The van der Waals surface area contributed by atoms with Gasteiger partial charge in [-0.1, -0.05) is 95.2 Å². The van der Waals surface area contributed by atoms with Gasteiger partial charge >= 0.3 is 12.1 Å². The highest BCUT2D eigenvalue weighted by Gasteiger charge is 2.58. The average molecular weight is 917 g/mol. The number of halogens is 2. The zero-order valence-electron chi connectivity index (χ0n) is 32.1. The molecule has 4 unspecified atom stereocenters. The molecule has 4 amide bonds. The van der Waals surface area contributed by atoms with Crippen molar-refractivity contribution in [1.82, 2.24) is 20.5 Å². The Morgan fingerprint density at radius 1 is 0.966 bits per heavy atom. The number of aromatic nitrogens is 1. The van der Waals surface area contributed by atoms with Gasteiger partial charge in [0.25, 0.3) is 5.91 Å². The molecule has 2 aliphatic heterocycles. The quantitative estimate of drug-likeness (QED) is 0.0504. The molecule has 0 radical (unpaired) electrons. The van der Waals surface area contributed by atoms with Crippen LogP contribution in [-0.2, 0) is 39.5 Å². The lowest BCUT2D eigenvalue weighted by molar-refractivity contribution is -0.154. The van der Waals surface area contributed by atoms with E-state index < -0.39 is 69.1 Å². The first kappa shape index (κ1) is 44.2. The van der Waals surface area contributed by atoms with Gasteiger partial charge in [0.1, 0.15) is 22.7 Å². The third kappa shape index (κ3) is 11.3. The molecule has 4 aromatic rings. The topological polar surface area (TPSA) is 173 Å². The summed E-state index contributed by atoms with van der Waals surface area (Å²) in [6.45, 7) is 6.96. The van der Waals surface area contributed by atoms with E-state index in [-0.39, 0.29) is 33.7 Å². The van der Waals surface area contributed by atoms with E-state index in [9.17, 15) is 28.2 Å². The largest absolute Gasteiger partial charge is 0.448 e. The normalized spacial score (nSPS) is 18.1. The fourth-order valence-corrected chi connectivity index (χ4v) is 10.4. The Balaban J connectivity index is 1.23. The van der Waals surface area contributed by atoms with Crippen molar-refractivity contribution in [3.05, 3.63) is 117 Å². The number of hydrogen-bond acceptors (Lipinski definition) is 12. The molecule has 0 spiro atoms. The lowest BCUT2D eigenvalue weighted by Gasteiger charge is -2.49. The number of hydrogen-bond donors (Lipinski definition) is 3. The minimum Gasteiger partial charge on any atom is -0.448 e. The van der Waals surface area contributed by atoms with E-state index in [1.165, 1.54) is 29.7 Å². The summed E-state index contributed by atoms with van der Waals surface area (Å²) < 4.78 is 25.5. The first-order valence-corrected chi connectivity index (χ1v) is 23.1.